The molecule has 0 atom stereocenters. The lowest BCUT2D eigenvalue weighted by Crippen LogP contribution is -2.11. The quantitative estimate of drug-likeness (QED) is 0.583. The van der Waals surface area contributed by atoms with Gasteiger partial charge in [-0.2, -0.15) is 0 Å². The van der Waals surface area contributed by atoms with Crippen molar-refractivity contribution >= 4 is 31.3 Å². The van der Waals surface area contributed by atoms with Crippen molar-refractivity contribution in [2.24, 2.45) is 0 Å². The summed E-state index contributed by atoms with van der Waals surface area (Å²) < 4.78 is 27.7. The fourth-order valence-corrected chi connectivity index (χ4v) is 2.88. The van der Waals surface area contributed by atoms with E-state index in [1.54, 1.807) is 0 Å². The van der Waals surface area contributed by atoms with Gasteiger partial charge in [0.15, 0.2) is 0 Å². The van der Waals surface area contributed by atoms with Crippen molar-refractivity contribution in [2.45, 2.75) is 43.9 Å². The Hall–Kier alpha value is -1.27. The number of amides is 1. The normalized spacial score (nSPS) is 11.2. The zero-order valence-corrected chi connectivity index (χ0v) is 13.8. The number of hydrogen-bond donors (Lipinski definition) is 1. The van der Waals surface area contributed by atoms with Crippen molar-refractivity contribution in [3.63, 3.8) is 0 Å². The smallest absolute Gasteiger partial charge is 0.264 e. The lowest BCUT2D eigenvalue weighted by atomic mass is 10.1. The Kier molecular flexibility index (Phi) is 6.98. The summed E-state index contributed by atoms with van der Waals surface area (Å²) in [4.78, 5) is 11.6. The van der Waals surface area contributed by atoms with Crippen LogP contribution in [0.3, 0.4) is 0 Å². The molecule has 0 radical (unpaired) electrons. The molecule has 0 aromatic heterocycles. The van der Waals surface area contributed by atoms with Crippen LogP contribution in [-0.4, -0.2) is 21.4 Å². The number of nitrogens with one attached hydrogen (secondary N) is 1. The molecule has 0 fully saturated rings. The maximum Gasteiger partial charge on any atom is 0.264 e. The Morgan fingerprint density at radius 2 is 2.00 bits per heavy atom. The number of methoxy groups -OCH3 is 1. The number of rotatable bonds is 8. The van der Waals surface area contributed by atoms with Crippen LogP contribution in [0.1, 0.15) is 39.0 Å². The molecule has 0 aliphatic carbocycles. The summed E-state index contributed by atoms with van der Waals surface area (Å²) in [5.41, 5.74) is 0.483. The Balaban J connectivity index is 2.71. The SMILES string of the molecule is CCCCCCC(=O)Nc1ccc(S(=O)(=O)Cl)c(OC)c1. The molecule has 1 aromatic rings. The number of carbonyl (C=O) groups is 1. The largest absolute Gasteiger partial charge is 0.495 e. The average Bonchev–Trinajstić information content (AvgIpc) is 2.42. The van der Waals surface area contributed by atoms with Gasteiger partial charge in [0.05, 0.1) is 7.11 Å². The number of benzene rings is 1. The van der Waals surface area contributed by atoms with Gasteiger partial charge in [-0.1, -0.05) is 26.2 Å². The third kappa shape index (κ3) is 5.93. The van der Waals surface area contributed by atoms with E-state index in [9.17, 15) is 13.2 Å². The van der Waals surface area contributed by atoms with Gasteiger partial charge in [-0.15, -0.1) is 0 Å². The number of ether oxygens (including phenoxy) is 1. The van der Waals surface area contributed by atoms with Gasteiger partial charge in [-0.05, 0) is 18.6 Å². The van der Waals surface area contributed by atoms with E-state index in [0.717, 1.165) is 25.7 Å². The van der Waals surface area contributed by atoms with E-state index in [1.165, 1.54) is 25.3 Å². The van der Waals surface area contributed by atoms with Gasteiger partial charge in [-0.3, -0.25) is 4.79 Å². The second kappa shape index (κ2) is 8.24. The lowest BCUT2D eigenvalue weighted by Gasteiger charge is -2.09. The second-order valence-electron chi connectivity index (χ2n) is 4.66. The molecule has 0 saturated carbocycles. The van der Waals surface area contributed by atoms with Crippen LogP contribution in [0.5, 0.6) is 5.75 Å². The number of halogens is 1. The molecule has 0 spiro atoms. The van der Waals surface area contributed by atoms with Crippen LogP contribution < -0.4 is 10.1 Å². The highest BCUT2D eigenvalue weighted by molar-refractivity contribution is 8.13. The first-order chi connectivity index (χ1) is 9.88. The van der Waals surface area contributed by atoms with Crippen LogP contribution in [0.2, 0.25) is 0 Å². The topological polar surface area (TPSA) is 72.5 Å². The second-order valence-corrected chi connectivity index (χ2v) is 7.20. The van der Waals surface area contributed by atoms with Gasteiger partial charge in [0.2, 0.25) is 5.91 Å². The highest BCUT2D eigenvalue weighted by Crippen LogP contribution is 2.29. The molecule has 0 unspecified atom stereocenters. The number of anilines is 1. The third-order valence-corrected chi connectivity index (χ3v) is 4.33. The Morgan fingerprint density at radius 3 is 2.57 bits per heavy atom. The van der Waals surface area contributed by atoms with Gasteiger partial charge in [0.1, 0.15) is 10.6 Å². The van der Waals surface area contributed by atoms with Crippen LogP contribution in [0.15, 0.2) is 23.1 Å². The van der Waals surface area contributed by atoms with Gasteiger partial charge in [0.25, 0.3) is 9.05 Å². The van der Waals surface area contributed by atoms with Crippen LogP contribution in [0, 0.1) is 0 Å². The van der Waals surface area contributed by atoms with Crippen LogP contribution >= 0.6 is 10.7 Å². The van der Waals surface area contributed by atoms with E-state index in [0.29, 0.717) is 12.1 Å². The van der Waals surface area contributed by atoms with Crippen molar-refractivity contribution in [3.05, 3.63) is 18.2 Å². The van der Waals surface area contributed by atoms with E-state index in [2.05, 4.69) is 12.2 Å². The van der Waals surface area contributed by atoms with Crippen molar-refractivity contribution in [1.82, 2.24) is 0 Å². The minimum Gasteiger partial charge on any atom is -0.495 e. The Bertz CT molecular complexity index is 587. The van der Waals surface area contributed by atoms with Gasteiger partial charge >= 0.3 is 0 Å². The number of carbonyl (C=O) groups excluding carboxylic acids is 1. The first-order valence-electron chi connectivity index (χ1n) is 6.81. The molecule has 1 aromatic carbocycles. The van der Waals surface area contributed by atoms with Gasteiger partial charge < -0.3 is 10.1 Å². The molecule has 0 aliphatic heterocycles. The summed E-state index contributed by atoms with van der Waals surface area (Å²) >= 11 is 0. The molecule has 0 aliphatic rings. The van der Waals surface area contributed by atoms with Crippen LogP contribution in [-0.2, 0) is 13.8 Å². The van der Waals surface area contributed by atoms with Gasteiger partial charge in [-0.25, -0.2) is 8.42 Å². The summed E-state index contributed by atoms with van der Waals surface area (Å²) in [6.45, 7) is 2.11. The molecule has 5 nitrogen and oxygen atoms in total. The maximum absolute atomic E-state index is 11.8. The zero-order valence-electron chi connectivity index (χ0n) is 12.2. The molecule has 0 saturated heterocycles. The van der Waals surface area contributed by atoms with Crippen LogP contribution in [0.4, 0.5) is 5.69 Å². The number of unbranched alkanes of at least 4 members (excludes halogenated alkanes) is 3. The van der Waals surface area contributed by atoms with Gasteiger partial charge in [0, 0.05) is 28.9 Å². The molecule has 21 heavy (non-hydrogen) atoms. The van der Waals surface area contributed by atoms with E-state index in [-0.39, 0.29) is 16.6 Å². The summed E-state index contributed by atoms with van der Waals surface area (Å²) in [6.07, 6.45) is 4.54. The van der Waals surface area contributed by atoms with E-state index in [4.69, 9.17) is 15.4 Å². The minimum atomic E-state index is -3.88. The molecule has 1 N–H and O–H groups in total. The fourth-order valence-electron chi connectivity index (χ4n) is 1.88. The van der Waals surface area contributed by atoms with Crippen molar-refractivity contribution in [2.75, 3.05) is 12.4 Å². The highest BCUT2D eigenvalue weighted by atomic mass is 35.7. The summed E-state index contributed by atoms with van der Waals surface area (Å²) in [5.74, 6) is 0.00317. The van der Waals surface area contributed by atoms with E-state index >= 15 is 0 Å². The first kappa shape index (κ1) is 17.8. The minimum absolute atomic E-state index is 0.102. The van der Waals surface area contributed by atoms with Crippen molar-refractivity contribution in [1.29, 1.82) is 0 Å². The Labute approximate surface area is 130 Å². The molecule has 118 valence electrons. The molecular weight excluding hydrogens is 314 g/mol. The van der Waals surface area contributed by atoms with E-state index in [1.807, 2.05) is 0 Å². The first-order valence-corrected chi connectivity index (χ1v) is 9.12. The number of hydrogen-bond acceptors (Lipinski definition) is 4. The summed E-state index contributed by atoms with van der Waals surface area (Å²) in [5, 5.41) is 2.72. The van der Waals surface area contributed by atoms with Crippen molar-refractivity contribution < 1.29 is 17.9 Å². The standard InChI is InChI=1S/C14H20ClNO4S/c1-3-4-5-6-7-14(17)16-11-8-9-13(21(15,18)19)12(10-11)20-2/h8-10H,3-7H2,1-2H3,(H,16,17). The summed E-state index contributed by atoms with van der Waals surface area (Å²) in [7, 11) is 2.77. The monoisotopic (exact) mass is 333 g/mol. The zero-order chi connectivity index (χ0) is 15.9. The molecule has 0 bridgehead atoms. The van der Waals surface area contributed by atoms with Crippen LogP contribution in [0.25, 0.3) is 0 Å². The van der Waals surface area contributed by atoms with Crippen molar-refractivity contribution in [3.8, 4) is 5.75 Å². The third-order valence-electron chi connectivity index (χ3n) is 2.97. The average molecular weight is 334 g/mol. The predicted octanol–water partition coefficient (Wildman–Crippen LogP) is 3.53. The summed E-state index contributed by atoms with van der Waals surface area (Å²) in [6, 6.07) is 4.24. The fraction of sp³-hybridized carbons (Fsp3) is 0.500. The highest BCUT2D eigenvalue weighted by Gasteiger charge is 2.17. The maximum atomic E-state index is 11.8. The molecular formula is C14H20ClNO4S. The predicted molar refractivity (Wildman–Crippen MR) is 83.4 cm³/mol. The molecule has 1 rings (SSSR count). The Morgan fingerprint density at radius 1 is 1.29 bits per heavy atom. The lowest BCUT2D eigenvalue weighted by molar-refractivity contribution is -0.116. The molecule has 1 amide bonds. The molecule has 0 heterocycles. The van der Waals surface area contributed by atoms with E-state index < -0.39 is 9.05 Å². The molecule has 7 heteroatoms.